The Morgan fingerprint density at radius 1 is 1.17 bits per heavy atom. The topological polar surface area (TPSA) is 81.7 Å². The first-order valence-corrected chi connectivity index (χ1v) is 11.0. The van der Waals surface area contributed by atoms with Crippen LogP contribution in [0.2, 0.25) is 0 Å². The van der Waals surface area contributed by atoms with Gasteiger partial charge in [-0.05, 0) is 51.0 Å². The Morgan fingerprint density at radius 3 is 2.69 bits per heavy atom. The normalized spacial score (nSPS) is 27.8. The molecule has 1 aliphatic carbocycles. The minimum Gasteiger partial charge on any atom is -0.341 e. The van der Waals surface area contributed by atoms with E-state index in [0.29, 0.717) is 18.9 Å². The lowest BCUT2D eigenvalue weighted by Crippen LogP contribution is -2.55. The number of hydrogen-bond donors (Lipinski definition) is 1. The summed E-state index contributed by atoms with van der Waals surface area (Å²) in [5, 5.41) is 3.16. The molecule has 4 fully saturated rings. The van der Waals surface area contributed by atoms with Crippen LogP contribution in [0.1, 0.15) is 44.2 Å². The summed E-state index contributed by atoms with van der Waals surface area (Å²) in [5.74, 6) is 1.66. The van der Waals surface area contributed by atoms with Crippen LogP contribution in [0.5, 0.6) is 0 Å². The van der Waals surface area contributed by atoms with Gasteiger partial charge in [-0.2, -0.15) is 0 Å². The molecule has 0 spiro atoms. The number of nitrogens with zero attached hydrogens (tertiary/aromatic N) is 5. The van der Waals surface area contributed by atoms with Gasteiger partial charge in [-0.3, -0.25) is 4.79 Å². The van der Waals surface area contributed by atoms with E-state index in [1.54, 1.807) is 6.20 Å². The number of amides is 3. The average molecular weight is 399 g/mol. The molecule has 3 amide bonds. The molecule has 2 atom stereocenters. The number of carbonyl (C=O) groups is 2. The number of anilines is 1. The van der Waals surface area contributed by atoms with Crippen LogP contribution in [-0.2, 0) is 4.79 Å². The van der Waals surface area contributed by atoms with E-state index >= 15 is 0 Å². The first kappa shape index (κ1) is 18.6. The Bertz CT molecular complexity index is 789. The van der Waals surface area contributed by atoms with Crippen LogP contribution in [-0.4, -0.2) is 76.0 Å². The second-order valence-electron chi connectivity index (χ2n) is 9.02. The van der Waals surface area contributed by atoms with Crippen LogP contribution < -0.4 is 10.2 Å². The fourth-order valence-electron chi connectivity index (χ4n) is 5.09. The van der Waals surface area contributed by atoms with Crippen molar-refractivity contribution in [3.63, 3.8) is 0 Å². The molecule has 1 aromatic heterocycles. The van der Waals surface area contributed by atoms with Gasteiger partial charge in [0.2, 0.25) is 11.9 Å². The van der Waals surface area contributed by atoms with Gasteiger partial charge < -0.3 is 20.0 Å². The molecule has 0 aromatic carbocycles. The Hall–Kier alpha value is -2.38. The average Bonchev–Trinajstić information content (AvgIpc) is 3.47. The molecule has 3 aliphatic heterocycles. The zero-order chi connectivity index (χ0) is 20.0. The smallest absolute Gasteiger partial charge is 0.318 e. The fourth-order valence-corrected chi connectivity index (χ4v) is 5.09. The third kappa shape index (κ3) is 3.76. The zero-order valence-corrected chi connectivity index (χ0v) is 17.1. The number of rotatable bonds is 4. The second kappa shape index (κ2) is 7.46. The van der Waals surface area contributed by atoms with Gasteiger partial charge in [-0.1, -0.05) is 0 Å². The lowest BCUT2D eigenvalue weighted by molar-refractivity contribution is -0.133. The first-order valence-electron chi connectivity index (χ1n) is 11.0. The molecule has 8 heteroatoms. The highest BCUT2D eigenvalue weighted by molar-refractivity contribution is 5.80. The number of piperidine rings is 2. The summed E-state index contributed by atoms with van der Waals surface area (Å²) in [6.45, 7) is 5.14. The lowest BCUT2D eigenvalue weighted by Gasteiger charge is -2.42. The molecule has 0 bridgehead atoms. The number of hydrogen-bond acceptors (Lipinski definition) is 5. The largest absolute Gasteiger partial charge is 0.341 e. The van der Waals surface area contributed by atoms with Gasteiger partial charge in [-0.15, -0.1) is 0 Å². The van der Waals surface area contributed by atoms with Crippen LogP contribution in [0.3, 0.4) is 0 Å². The molecular formula is C21H30N6O2. The van der Waals surface area contributed by atoms with Crippen molar-refractivity contribution in [1.82, 2.24) is 25.1 Å². The minimum atomic E-state index is 0.0433. The van der Waals surface area contributed by atoms with Crippen LogP contribution in [0, 0.1) is 12.8 Å². The molecule has 5 rings (SSSR count). The predicted octanol–water partition coefficient (Wildman–Crippen LogP) is 1.55. The van der Waals surface area contributed by atoms with Crippen LogP contribution >= 0.6 is 0 Å². The first-order chi connectivity index (χ1) is 14.1. The standard InChI is InChI=1S/C21H30N6O2/c1-14-4-8-22-20(23-14)25-9-5-16(6-10-25)27-18-7-11-26(13-17(18)24-21(27)29)19(28)12-15-2-3-15/h4,8,15-18H,2-3,5-7,9-13H2,1H3,(H,24,29). The molecular weight excluding hydrogens is 368 g/mol. The Labute approximate surface area is 171 Å². The quantitative estimate of drug-likeness (QED) is 0.832. The lowest BCUT2D eigenvalue weighted by atomic mass is 9.95. The Morgan fingerprint density at radius 2 is 1.97 bits per heavy atom. The molecule has 2 unspecified atom stereocenters. The van der Waals surface area contributed by atoms with Crippen molar-refractivity contribution >= 4 is 17.9 Å². The van der Waals surface area contributed by atoms with Crippen LogP contribution in [0.15, 0.2) is 12.3 Å². The highest BCUT2D eigenvalue weighted by atomic mass is 16.2. The molecule has 1 saturated carbocycles. The summed E-state index contributed by atoms with van der Waals surface area (Å²) in [4.78, 5) is 40.5. The number of likely N-dealkylation sites (tertiary alicyclic amines) is 1. The molecule has 4 aliphatic rings. The van der Waals surface area contributed by atoms with Gasteiger partial charge in [0.1, 0.15) is 0 Å². The number of fused-ring (bicyclic) bond motifs is 1. The van der Waals surface area contributed by atoms with Crippen molar-refractivity contribution in [1.29, 1.82) is 0 Å². The fraction of sp³-hybridized carbons (Fsp3) is 0.714. The van der Waals surface area contributed by atoms with E-state index in [0.717, 1.165) is 50.5 Å². The van der Waals surface area contributed by atoms with E-state index in [1.807, 2.05) is 17.9 Å². The van der Waals surface area contributed by atoms with Gasteiger partial charge in [0.15, 0.2) is 0 Å². The Kier molecular flexibility index (Phi) is 4.80. The molecule has 0 radical (unpaired) electrons. The molecule has 3 saturated heterocycles. The van der Waals surface area contributed by atoms with E-state index in [2.05, 4.69) is 25.1 Å². The highest BCUT2D eigenvalue weighted by Gasteiger charge is 2.46. The third-order valence-corrected chi connectivity index (χ3v) is 6.91. The SMILES string of the molecule is Cc1ccnc(N2CCC(N3C(=O)NC4CN(C(=O)CC5CC5)CCC43)CC2)n1. The highest BCUT2D eigenvalue weighted by Crippen LogP contribution is 2.34. The van der Waals surface area contributed by atoms with Gasteiger partial charge in [0, 0.05) is 50.5 Å². The number of nitrogens with one attached hydrogen (secondary N) is 1. The van der Waals surface area contributed by atoms with Gasteiger partial charge in [-0.25, -0.2) is 14.8 Å². The van der Waals surface area contributed by atoms with Gasteiger partial charge >= 0.3 is 6.03 Å². The third-order valence-electron chi connectivity index (χ3n) is 6.91. The van der Waals surface area contributed by atoms with Crippen molar-refractivity contribution in [3.05, 3.63) is 18.0 Å². The van der Waals surface area contributed by atoms with Crippen LogP contribution in [0.25, 0.3) is 0 Å². The van der Waals surface area contributed by atoms with Crippen LogP contribution in [0.4, 0.5) is 10.7 Å². The van der Waals surface area contributed by atoms with E-state index in [9.17, 15) is 9.59 Å². The maximum absolute atomic E-state index is 12.8. The number of aryl methyl sites for hydroxylation is 1. The number of carbonyl (C=O) groups excluding carboxylic acids is 2. The van der Waals surface area contributed by atoms with Gasteiger partial charge in [0.05, 0.1) is 12.1 Å². The Balaban J connectivity index is 1.19. The second-order valence-corrected chi connectivity index (χ2v) is 9.02. The maximum atomic E-state index is 12.8. The van der Waals surface area contributed by atoms with E-state index in [4.69, 9.17) is 0 Å². The molecule has 156 valence electrons. The summed E-state index contributed by atoms with van der Waals surface area (Å²) in [7, 11) is 0. The molecule has 8 nitrogen and oxygen atoms in total. The van der Waals surface area contributed by atoms with Crippen molar-refractivity contribution in [2.45, 2.75) is 63.6 Å². The number of urea groups is 1. The number of aromatic nitrogens is 2. The predicted molar refractivity (Wildman–Crippen MR) is 108 cm³/mol. The van der Waals surface area contributed by atoms with Crippen molar-refractivity contribution in [2.24, 2.45) is 5.92 Å². The zero-order valence-electron chi connectivity index (χ0n) is 17.1. The molecule has 1 N–H and O–H groups in total. The summed E-state index contributed by atoms with van der Waals surface area (Å²) in [6.07, 6.45) is 7.62. The van der Waals surface area contributed by atoms with E-state index in [-0.39, 0.29) is 30.1 Å². The monoisotopic (exact) mass is 398 g/mol. The van der Waals surface area contributed by atoms with Crippen molar-refractivity contribution in [3.8, 4) is 0 Å². The summed E-state index contributed by atoms with van der Waals surface area (Å²) < 4.78 is 0. The summed E-state index contributed by atoms with van der Waals surface area (Å²) >= 11 is 0. The summed E-state index contributed by atoms with van der Waals surface area (Å²) in [6, 6.07) is 2.48. The van der Waals surface area contributed by atoms with Crippen molar-refractivity contribution < 1.29 is 9.59 Å². The molecule has 1 aromatic rings. The van der Waals surface area contributed by atoms with E-state index in [1.165, 1.54) is 12.8 Å². The molecule has 4 heterocycles. The minimum absolute atomic E-state index is 0.0433. The van der Waals surface area contributed by atoms with Gasteiger partial charge in [0.25, 0.3) is 0 Å². The van der Waals surface area contributed by atoms with Crippen molar-refractivity contribution in [2.75, 3.05) is 31.1 Å². The van der Waals surface area contributed by atoms with E-state index < -0.39 is 0 Å². The maximum Gasteiger partial charge on any atom is 0.318 e. The molecule has 29 heavy (non-hydrogen) atoms. The summed E-state index contributed by atoms with van der Waals surface area (Å²) in [5.41, 5.74) is 0.974.